The summed E-state index contributed by atoms with van der Waals surface area (Å²) in [6.07, 6.45) is 4.06. The Bertz CT molecular complexity index is 661. The van der Waals surface area contributed by atoms with Crippen molar-refractivity contribution in [2.24, 2.45) is 0 Å². The van der Waals surface area contributed by atoms with E-state index in [9.17, 15) is 4.79 Å². The highest BCUT2D eigenvalue weighted by atomic mass is 16.1. The highest BCUT2D eigenvalue weighted by Crippen LogP contribution is 2.28. The molecule has 3 heteroatoms. The van der Waals surface area contributed by atoms with Crippen LogP contribution in [0.1, 0.15) is 37.3 Å². The Hall–Kier alpha value is -2.13. The molecule has 1 aliphatic rings. The molecule has 0 saturated carbocycles. The Balaban J connectivity index is 1.59. The van der Waals surface area contributed by atoms with Gasteiger partial charge in [0, 0.05) is 32.1 Å². The maximum absolute atomic E-state index is 11.8. The second kappa shape index (κ2) is 8.30. The molecule has 0 radical (unpaired) electrons. The van der Waals surface area contributed by atoms with Crippen molar-refractivity contribution in [2.45, 2.75) is 44.7 Å². The molecule has 0 aliphatic carbocycles. The SMILES string of the molecule is CC(=O)NC1(CCc2ccccc2)CCN(Cc2ccccc2)CC1. The van der Waals surface area contributed by atoms with E-state index >= 15 is 0 Å². The number of nitrogens with one attached hydrogen (secondary N) is 1. The van der Waals surface area contributed by atoms with Crippen molar-refractivity contribution in [3.8, 4) is 0 Å². The average molecular weight is 336 g/mol. The van der Waals surface area contributed by atoms with Crippen molar-refractivity contribution in [1.29, 1.82) is 0 Å². The molecule has 1 amide bonds. The second-order valence-electron chi connectivity index (χ2n) is 7.21. The minimum Gasteiger partial charge on any atom is -0.351 e. The van der Waals surface area contributed by atoms with Crippen molar-refractivity contribution < 1.29 is 4.79 Å². The van der Waals surface area contributed by atoms with Gasteiger partial charge >= 0.3 is 0 Å². The lowest BCUT2D eigenvalue weighted by atomic mass is 9.82. The Morgan fingerprint density at radius 1 is 0.960 bits per heavy atom. The molecule has 0 bridgehead atoms. The van der Waals surface area contributed by atoms with Crippen molar-refractivity contribution in [3.05, 3.63) is 71.8 Å². The van der Waals surface area contributed by atoms with Gasteiger partial charge in [0.05, 0.1) is 0 Å². The quantitative estimate of drug-likeness (QED) is 0.870. The monoisotopic (exact) mass is 336 g/mol. The minimum absolute atomic E-state index is 0.0607. The Morgan fingerprint density at radius 3 is 2.08 bits per heavy atom. The van der Waals surface area contributed by atoms with Gasteiger partial charge in [-0.15, -0.1) is 0 Å². The van der Waals surface area contributed by atoms with E-state index in [2.05, 4.69) is 70.9 Å². The standard InChI is InChI=1S/C22H28N2O/c1-19(25)23-22(13-12-20-8-4-2-5-9-20)14-16-24(17-15-22)18-21-10-6-3-7-11-21/h2-11H,12-18H2,1H3,(H,23,25). The molecule has 1 N–H and O–H groups in total. The molecule has 1 saturated heterocycles. The number of piperidine rings is 1. The molecule has 132 valence electrons. The van der Waals surface area contributed by atoms with Gasteiger partial charge in [-0.05, 0) is 36.8 Å². The highest BCUT2D eigenvalue weighted by Gasteiger charge is 2.34. The molecule has 2 aromatic rings. The van der Waals surface area contributed by atoms with E-state index in [1.165, 1.54) is 11.1 Å². The molecule has 2 aromatic carbocycles. The van der Waals surface area contributed by atoms with E-state index in [-0.39, 0.29) is 11.4 Å². The zero-order valence-corrected chi connectivity index (χ0v) is 15.1. The molecule has 0 unspecified atom stereocenters. The van der Waals surface area contributed by atoms with Gasteiger partial charge in [0.1, 0.15) is 0 Å². The van der Waals surface area contributed by atoms with Gasteiger partial charge in [0.2, 0.25) is 5.91 Å². The van der Waals surface area contributed by atoms with Crippen molar-refractivity contribution in [2.75, 3.05) is 13.1 Å². The third-order valence-electron chi connectivity index (χ3n) is 5.24. The fraction of sp³-hybridized carbons (Fsp3) is 0.409. The van der Waals surface area contributed by atoms with Crippen LogP contribution < -0.4 is 5.32 Å². The molecule has 3 rings (SSSR count). The van der Waals surface area contributed by atoms with Crippen LogP contribution in [-0.2, 0) is 17.8 Å². The second-order valence-corrected chi connectivity index (χ2v) is 7.21. The largest absolute Gasteiger partial charge is 0.351 e. The summed E-state index contributed by atoms with van der Waals surface area (Å²) in [7, 11) is 0. The molecule has 0 spiro atoms. The van der Waals surface area contributed by atoms with E-state index in [1.54, 1.807) is 6.92 Å². The van der Waals surface area contributed by atoms with Gasteiger partial charge in [-0.1, -0.05) is 60.7 Å². The topological polar surface area (TPSA) is 32.3 Å². The lowest BCUT2D eigenvalue weighted by Crippen LogP contribution is -2.54. The molecule has 25 heavy (non-hydrogen) atoms. The summed E-state index contributed by atoms with van der Waals surface area (Å²) < 4.78 is 0. The number of amides is 1. The third kappa shape index (κ3) is 5.17. The zero-order chi connectivity index (χ0) is 17.5. The highest BCUT2D eigenvalue weighted by molar-refractivity contribution is 5.73. The first-order chi connectivity index (χ1) is 12.2. The predicted octanol–water partition coefficient (Wildman–Crippen LogP) is 3.79. The van der Waals surface area contributed by atoms with E-state index in [0.717, 1.165) is 45.3 Å². The van der Waals surface area contributed by atoms with Gasteiger partial charge < -0.3 is 5.32 Å². The number of benzene rings is 2. The van der Waals surface area contributed by atoms with Gasteiger partial charge in [-0.3, -0.25) is 9.69 Å². The number of carbonyl (C=O) groups excluding carboxylic acids is 1. The van der Waals surface area contributed by atoms with Crippen LogP contribution in [0.25, 0.3) is 0 Å². The van der Waals surface area contributed by atoms with Crippen LogP contribution >= 0.6 is 0 Å². The zero-order valence-electron chi connectivity index (χ0n) is 15.1. The van der Waals surface area contributed by atoms with Crippen LogP contribution in [0.5, 0.6) is 0 Å². The Kier molecular flexibility index (Phi) is 5.87. The summed E-state index contributed by atoms with van der Waals surface area (Å²) in [5, 5.41) is 3.28. The molecular formula is C22H28N2O. The molecule has 1 heterocycles. The van der Waals surface area contributed by atoms with Gasteiger partial charge in [-0.2, -0.15) is 0 Å². The lowest BCUT2D eigenvalue weighted by Gasteiger charge is -2.42. The summed E-state index contributed by atoms with van der Waals surface area (Å²) in [6, 6.07) is 21.2. The summed E-state index contributed by atoms with van der Waals surface area (Å²) in [4.78, 5) is 14.3. The maximum atomic E-state index is 11.8. The first-order valence-electron chi connectivity index (χ1n) is 9.24. The Labute approximate surface area is 151 Å². The first kappa shape index (κ1) is 17.7. The molecule has 1 fully saturated rings. The number of hydrogen-bond acceptors (Lipinski definition) is 2. The average Bonchev–Trinajstić information content (AvgIpc) is 2.63. The fourth-order valence-corrected chi connectivity index (χ4v) is 3.82. The van der Waals surface area contributed by atoms with Crippen LogP contribution in [-0.4, -0.2) is 29.4 Å². The number of likely N-dealkylation sites (tertiary alicyclic amines) is 1. The Morgan fingerprint density at radius 2 is 1.52 bits per heavy atom. The smallest absolute Gasteiger partial charge is 0.217 e. The van der Waals surface area contributed by atoms with Crippen LogP contribution in [0.3, 0.4) is 0 Å². The maximum Gasteiger partial charge on any atom is 0.217 e. The number of aryl methyl sites for hydroxylation is 1. The third-order valence-corrected chi connectivity index (χ3v) is 5.24. The molecular weight excluding hydrogens is 308 g/mol. The molecule has 0 atom stereocenters. The number of rotatable bonds is 6. The summed E-state index contributed by atoms with van der Waals surface area (Å²) >= 11 is 0. The van der Waals surface area contributed by atoms with Gasteiger partial charge in [0.25, 0.3) is 0 Å². The summed E-state index contributed by atoms with van der Waals surface area (Å²) in [6.45, 7) is 4.70. The normalized spacial score (nSPS) is 17.2. The van der Waals surface area contributed by atoms with E-state index < -0.39 is 0 Å². The molecule has 3 nitrogen and oxygen atoms in total. The van der Waals surface area contributed by atoms with Crippen molar-refractivity contribution in [3.63, 3.8) is 0 Å². The minimum atomic E-state index is -0.0607. The van der Waals surface area contributed by atoms with Gasteiger partial charge in [0.15, 0.2) is 0 Å². The number of nitrogens with zero attached hydrogens (tertiary/aromatic N) is 1. The van der Waals surface area contributed by atoms with Crippen LogP contribution in [0.4, 0.5) is 0 Å². The van der Waals surface area contributed by atoms with E-state index in [0.29, 0.717) is 0 Å². The molecule has 0 aromatic heterocycles. The van der Waals surface area contributed by atoms with Crippen molar-refractivity contribution in [1.82, 2.24) is 10.2 Å². The fourth-order valence-electron chi connectivity index (χ4n) is 3.82. The first-order valence-corrected chi connectivity index (χ1v) is 9.24. The van der Waals surface area contributed by atoms with E-state index in [1.807, 2.05) is 0 Å². The summed E-state index contributed by atoms with van der Waals surface area (Å²) in [5.41, 5.74) is 2.65. The van der Waals surface area contributed by atoms with Gasteiger partial charge in [-0.25, -0.2) is 0 Å². The van der Waals surface area contributed by atoms with Crippen molar-refractivity contribution >= 4 is 5.91 Å². The number of hydrogen-bond donors (Lipinski definition) is 1. The lowest BCUT2D eigenvalue weighted by molar-refractivity contribution is -0.121. The summed E-state index contributed by atoms with van der Waals surface area (Å²) in [5.74, 6) is 0.0876. The van der Waals surface area contributed by atoms with Crippen LogP contribution in [0, 0.1) is 0 Å². The van der Waals surface area contributed by atoms with Crippen LogP contribution in [0.2, 0.25) is 0 Å². The molecule has 1 aliphatic heterocycles. The van der Waals surface area contributed by atoms with Crippen LogP contribution in [0.15, 0.2) is 60.7 Å². The van der Waals surface area contributed by atoms with E-state index in [4.69, 9.17) is 0 Å². The number of carbonyl (C=O) groups is 1. The predicted molar refractivity (Wildman–Crippen MR) is 102 cm³/mol.